The third-order valence-electron chi connectivity index (χ3n) is 1.95. The predicted molar refractivity (Wildman–Crippen MR) is 66.1 cm³/mol. The van der Waals surface area contributed by atoms with Crippen molar-refractivity contribution in [2.45, 2.75) is 45.5 Å². The van der Waals surface area contributed by atoms with Gasteiger partial charge in [0.25, 0.3) is 0 Å². The van der Waals surface area contributed by atoms with E-state index in [4.69, 9.17) is 4.74 Å². The van der Waals surface area contributed by atoms with Gasteiger partial charge in [-0.15, -0.1) is 12.6 Å². The standard InChI is InChI=1S/C11H23NO2S/c1-9(2)6-7-12-11(13)5-4-8-14-10(3)15/h9-10,15H,4-8H2,1-3H3,(H,12,13). The number of hydrogen-bond acceptors (Lipinski definition) is 3. The van der Waals surface area contributed by atoms with Gasteiger partial charge in [-0.05, 0) is 25.7 Å². The van der Waals surface area contributed by atoms with Gasteiger partial charge in [0, 0.05) is 19.6 Å². The summed E-state index contributed by atoms with van der Waals surface area (Å²) in [7, 11) is 0. The van der Waals surface area contributed by atoms with Gasteiger partial charge >= 0.3 is 0 Å². The van der Waals surface area contributed by atoms with Gasteiger partial charge in [0.05, 0.1) is 5.44 Å². The number of nitrogens with one attached hydrogen (secondary N) is 1. The van der Waals surface area contributed by atoms with E-state index >= 15 is 0 Å². The van der Waals surface area contributed by atoms with E-state index in [1.54, 1.807) is 0 Å². The second kappa shape index (κ2) is 9.04. The molecule has 0 aliphatic rings. The van der Waals surface area contributed by atoms with Gasteiger partial charge in [-0.2, -0.15) is 0 Å². The van der Waals surface area contributed by atoms with E-state index in [-0.39, 0.29) is 11.3 Å². The molecule has 0 aromatic heterocycles. The molecule has 1 atom stereocenters. The summed E-state index contributed by atoms with van der Waals surface area (Å²) in [6, 6.07) is 0. The number of carbonyl (C=O) groups excluding carboxylic acids is 1. The van der Waals surface area contributed by atoms with Crippen molar-refractivity contribution in [1.82, 2.24) is 5.32 Å². The SMILES string of the molecule is CC(C)CCNC(=O)CCCOC(C)S. The van der Waals surface area contributed by atoms with Crippen LogP contribution in [0.3, 0.4) is 0 Å². The van der Waals surface area contributed by atoms with E-state index in [1.165, 1.54) is 0 Å². The predicted octanol–water partition coefficient (Wildman–Crippen LogP) is 2.22. The van der Waals surface area contributed by atoms with Crippen molar-refractivity contribution < 1.29 is 9.53 Å². The minimum atomic E-state index is -0.0472. The zero-order valence-electron chi connectivity index (χ0n) is 9.95. The summed E-state index contributed by atoms with van der Waals surface area (Å²) in [5.74, 6) is 0.754. The highest BCUT2D eigenvalue weighted by molar-refractivity contribution is 7.80. The highest BCUT2D eigenvalue weighted by atomic mass is 32.1. The number of amides is 1. The summed E-state index contributed by atoms with van der Waals surface area (Å²) in [6.45, 7) is 7.54. The monoisotopic (exact) mass is 233 g/mol. The highest BCUT2D eigenvalue weighted by Gasteiger charge is 2.02. The molecule has 0 bridgehead atoms. The number of carbonyl (C=O) groups is 1. The van der Waals surface area contributed by atoms with Gasteiger partial charge < -0.3 is 10.1 Å². The van der Waals surface area contributed by atoms with Crippen LogP contribution in [-0.2, 0) is 9.53 Å². The molecule has 0 radical (unpaired) electrons. The molecule has 90 valence electrons. The van der Waals surface area contributed by atoms with E-state index in [1.807, 2.05) is 6.92 Å². The van der Waals surface area contributed by atoms with Gasteiger partial charge in [-0.25, -0.2) is 0 Å². The Morgan fingerprint density at radius 1 is 1.40 bits per heavy atom. The summed E-state index contributed by atoms with van der Waals surface area (Å²) < 4.78 is 5.22. The van der Waals surface area contributed by atoms with Crippen LogP contribution in [0.25, 0.3) is 0 Å². The van der Waals surface area contributed by atoms with Crippen LogP contribution in [0.1, 0.15) is 40.0 Å². The van der Waals surface area contributed by atoms with Gasteiger partial charge in [-0.1, -0.05) is 13.8 Å². The Morgan fingerprint density at radius 2 is 2.07 bits per heavy atom. The van der Waals surface area contributed by atoms with Gasteiger partial charge in [0.15, 0.2) is 0 Å². The average molecular weight is 233 g/mol. The van der Waals surface area contributed by atoms with Crippen molar-refractivity contribution in [3.63, 3.8) is 0 Å². The summed E-state index contributed by atoms with van der Waals surface area (Å²) in [4.78, 5) is 11.3. The van der Waals surface area contributed by atoms with Crippen molar-refractivity contribution in [2.24, 2.45) is 5.92 Å². The van der Waals surface area contributed by atoms with Crippen molar-refractivity contribution in [1.29, 1.82) is 0 Å². The molecule has 0 aromatic rings. The van der Waals surface area contributed by atoms with E-state index in [0.29, 0.717) is 18.9 Å². The molecule has 0 aromatic carbocycles. The number of rotatable bonds is 8. The lowest BCUT2D eigenvalue weighted by Gasteiger charge is -2.08. The Morgan fingerprint density at radius 3 is 2.60 bits per heavy atom. The van der Waals surface area contributed by atoms with Crippen molar-refractivity contribution in [3.8, 4) is 0 Å². The Kier molecular flexibility index (Phi) is 8.91. The first-order valence-electron chi connectivity index (χ1n) is 5.58. The van der Waals surface area contributed by atoms with Crippen LogP contribution in [0.5, 0.6) is 0 Å². The average Bonchev–Trinajstić information content (AvgIpc) is 2.11. The minimum absolute atomic E-state index is 0.0472. The summed E-state index contributed by atoms with van der Waals surface area (Å²) in [6.07, 6.45) is 2.34. The fourth-order valence-corrected chi connectivity index (χ4v) is 1.18. The van der Waals surface area contributed by atoms with E-state index in [2.05, 4.69) is 31.8 Å². The lowest BCUT2D eigenvalue weighted by atomic mass is 10.1. The maximum Gasteiger partial charge on any atom is 0.220 e. The maximum atomic E-state index is 11.3. The normalized spacial score (nSPS) is 12.9. The third-order valence-corrected chi connectivity index (χ3v) is 2.10. The Bertz CT molecular complexity index is 172. The number of hydrogen-bond donors (Lipinski definition) is 2. The second-order valence-corrected chi connectivity index (χ2v) is 4.83. The van der Waals surface area contributed by atoms with E-state index < -0.39 is 0 Å². The molecule has 0 fully saturated rings. The minimum Gasteiger partial charge on any atom is -0.368 e. The fourth-order valence-electron chi connectivity index (χ4n) is 1.08. The molecule has 0 heterocycles. The smallest absolute Gasteiger partial charge is 0.220 e. The molecule has 0 rings (SSSR count). The first-order valence-corrected chi connectivity index (χ1v) is 6.10. The van der Waals surface area contributed by atoms with E-state index in [0.717, 1.165) is 19.4 Å². The van der Waals surface area contributed by atoms with Crippen LogP contribution in [0.15, 0.2) is 0 Å². The highest BCUT2D eigenvalue weighted by Crippen LogP contribution is 1.99. The van der Waals surface area contributed by atoms with Crippen LogP contribution in [0.4, 0.5) is 0 Å². The first-order chi connectivity index (χ1) is 7.02. The van der Waals surface area contributed by atoms with Crippen molar-refractivity contribution in [3.05, 3.63) is 0 Å². The Hall–Kier alpha value is -0.220. The van der Waals surface area contributed by atoms with Crippen molar-refractivity contribution >= 4 is 18.5 Å². The summed E-state index contributed by atoms with van der Waals surface area (Å²) in [5.41, 5.74) is -0.0472. The van der Waals surface area contributed by atoms with Gasteiger partial charge in [0.2, 0.25) is 5.91 Å². The molecule has 4 heteroatoms. The largest absolute Gasteiger partial charge is 0.368 e. The van der Waals surface area contributed by atoms with Gasteiger partial charge in [0.1, 0.15) is 0 Å². The molecule has 15 heavy (non-hydrogen) atoms. The van der Waals surface area contributed by atoms with Gasteiger partial charge in [-0.3, -0.25) is 4.79 Å². The molecule has 0 saturated heterocycles. The molecule has 1 unspecified atom stereocenters. The van der Waals surface area contributed by atoms with E-state index in [9.17, 15) is 4.79 Å². The number of thiol groups is 1. The first kappa shape index (κ1) is 14.8. The Balaban J connectivity index is 3.26. The zero-order valence-corrected chi connectivity index (χ0v) is 10.8. The Labute approximate surface area is 98.4 Å². The molecular weight excluding hydrogens is 210 g/mol. The molecule has 1 amide bonds. The van der Waals surface area contributed by atoms with Crippen LogP contribution in [0, 0.1) is 5.92 Å². The summed E-state index contributed by atoms with van der Waals surface area (Å²) >= 11 is 4.08. The molecule has 1 N–H and O–H groups in total. The second-order valence-electron chi connectivity index (χ2n) is 4.11. The molecule has 0 aliphatic heterocycles. The lowest BCUT2D eigenvalue weighted by molar-refractivity contribution is -0.121. The molecule has 3 nitrogen and oxygen atoms in total. The molecule has 0 aliphatic carbocycles. The maximum absolute atomic E-state index is 11.3. The van der Waals surface area contributed by atoms with Crippen LogP contribution >= 0.6 is 12.6 Å². The lowest BCUT2D eigenvalue weighted by Crippen LogP contribution is -2.25. The van der Waals surface area contributed by atoms with Crippen LogP contribution in [0.2, 0.25) is 0 Å². The summed E-state index contributed by atoms with van der Waals surface area (Å²) in [5, 5.41) is 2.89. The molecular formula is C11H23NO2S. The molecule has 0 saturated carbocycles. The third kappa shape index (κ3) is 11.7. The van der Waals surface area contributed by atoms with Crippen LogP contribution < -0.4 is 5.32 Å². The van der Waals surface area contributed by atoms with Crippen LogP contribution in [-0.4, -0.2) is 24.5 Å². The number of ether oxygens (including phenoxy) is 1. The zero-order chi connectivity index (χ0) is 11.7. The topological polar surface area (TPSA) is 38.3 Å². The fraction of sp³-hybridized carbons (Fsp3) is 0.909. The quantitative estimate of drug-likeness (QED) is 0.383. The van der Waals surface area contributed by atoms with Crippen molar-refractivity contribution in [2.75, 3.05) is 13.2 Å². The molecule has 0 spiro atoms.